The van der Waals surface area contributed by atoms with Crippen LogP contribution in [0.3, 0.4) is 0 Å². The molecule has 0 aromatic carbocycles. The van der Waals surface area contributed by atoms with Gasteiger partial charge in [0.1, 0.15) is 10.0 Å². The standard InChI is InChI=1S/C4H6N2S.H3N/c1-3-5-6-4(2)7-3;/h1-2H3;1H3. The van der Waals surface area contributed by atoms with Gasteiger partial charge in [0.15, 0.2) is 0 Å². The smallest absolute Gasteiger partial charge is 0.114 e. The first kappa shape index (κ1) is 7.52. The summed E-state index contributed by atoms with van der Waals surface area (Å²) < 4.78 is 0. The Morgan fingerprint density at radius 1 is 1.12 bits per heavy atom. The molecule has 0 bridgehead atoms. The summed E-state index contributed by atoms with van der Waals surface area (Å²) in [7, 11) is 0. The summed E-state index contributed by atoms with van der Waals surface area (Å²) in [6.45, 7) is 3.90. The van der Waals surface area contributed by atoms with E-state index >= 15 is 0 Å². The summed E-state index contributed by atoms with van der Waals surface area (Å²) in [6.07, 6.45) is 0. The van der Waals surface area contributed by atoms with Crippen LogP contribution < -0.4 is 6.15 Å². The van der Waals surface area contributed by atoms with Gasteiger partial charge in [-0.3, -0.25) is 0 Å². The van der Waals surface area contributed by atoms with Gasteiger partial charge in [0, 0.05) is 0 Å². The Labute approximate surface area is 52.3 Å². The second-order valence-electron chi connectivity index (χ2n) is 1.34. The highest BCUT2D eigenvalue weighted by Crippen LogP contribution is 2.03. The Bertz CT molecular complexity index is 144. The highest BCUT2D eigenvalue weighted by molar-refractivity contribution is 7.11. The van der Waals surface area contributed by atoms with Gasteiger partial charge in [-0.25, -0.2) is 0 Å². The van der Waals surface area contributed by atoms with Crippen LogP contribution in [-0.4, -0.2) is 10.2 Å². The second-order valence-corrected chi connectivity index (χ2v) is 2.73. The number of aromatic nitrogens is 2. The zero-order valence-corrected chi connectivity index (χ0v) is 5.83. The van der Waals surface area contributed by atoms with Gasteiger partial charge in [0.05, 0.1) is 0 Å². The van der Waals surface area contributed by atoms with Gasteiger partial charge in [-0.2, -0.15) is 0 Å². The van der Waals surface area contributed by atoms with Crippen molar-refractivity contribution in [3.05, 3.63) is 10.0 Å². The number of hydrogen-bond acceptors (Lipinski definition) is 4. The molecule has 0 unspecified atom stereocenters. The van der Waals surface area contributed by atoms with Crippen LogP contribution in [0.1, 0.15) is 10.0 Å². The van der Waals surface area contributed by atoms with Crippen molar-refractivity contribution in [2.45, 2.75) is 13.8 Å². The highest BCUT2D eigenvalue weighted by atomic mass is 32.1. The van der Waals surface area contributed by atoms with Crippen molar-refractivity contribution in [1.82, 2.24) is 16.3 Å². The lowest BCUT2D eigenvalue weighted by Crippen LogP contribution is -1.68. The van der Waals surface area contributed by atoms with Crippen LogP contribution >= 0.6 is 11.3 Å². The van der Waals surface area contributed by atoms with Crippen LogP contribution in [0.15, 0.2) is 0 Å². The molecule has 46 valence electrons. The monoisotopic (exact) mass is 131 g/mol. The lowest BCUT2D eigenvalue weighted by atomic mass is 10.9. The van der Waals surface area contributed by atoms with Gasteiger partial charge in [0.2, 0.25) is 0 Å². The molecule has 0 fully saturated rings. The fourth-order valence-electron chi connectivity index (χ4n) is 0.395. The van der Waals surface area contributed by atoms with Crippen LogP contribution in [-0.2, 0) is 0 Å². The third-order valence-corrected chi connectivity index (χ3v) is 1.38. The topological polar surface area (TPSA) is 60.8 Å². The van der Waals surface area contributed by atoms with E-state index in [0.29, 0.717) is 0 Å². The molecule has 0 atom stereocenters. The highest BCUT2D eigenvalue weighted by Gasteiger charge is 1.88. The molecule has 0 amide bonds. The van der Waals surface area contributed by atoms with Crippen molar-refractivity contribution in [2.24, 2.45) is 0 Å². The van der Waals surface area contributed by atoms with E-state index in [2.05, 4.69) is 10.2 Å². The van der Waals surface area contributed by atoms with Gasteiger partial charge < -0.3 is 6.15 Å². The Balaban J connectivity index is 0.000000490. The molecule has 0 saturated carbocycles. The van der Waals surface area contributed by atoms with E-state index in [-0.39, 0.29) is 6.15 Å². The lowest BCUT2D eigenvalue weighted by Gasteiger charge is -1.65. The van der Waals surface area contributed by atoms with Gasteiger partial charge in [-0.15, -0.1) is 21.5 Å². The van der Waals surface area contributed by atoms with Crippen molar-refractivity contribution in [3.8, 4) is 0 Å². The predicted molar refractivity (Wildman–Crippen MR) is 34.4 cm³/mol. The maximum atomic E-state index is 3.78. The number of hydrogen-bond donors (Lipinski definition) is 1. The van der Waals surface area contributed by atoms with Crippen LogP contribution in [0, 0.1) is 13.8 Å². The quantitative estimate of drug-likeness (QED) is 0.577. The van der Waals surface area contributed by atoms with Crippen LogP contribution in [0.5, 0.6) is 0 Å². The maximum absolute atomic E-state index is 3.78. The van der Waals surface area contributed by atoms with Crippen LogP contribution in [0.2, 0.25) is 0 Å². The van der Waals surface area contributed by atoms with Gasteiger partial charge in [-0.05, 0) is 13.8 Å². The molecule has 1 aromatic rings. The van der Waals surface area contributed by atoms with Crippen LogP contribution in [0.25, 0.3) is 0 Å². The summed E-state index contributed by atoms with van der Waals surface area (Å²) in [6, 6.07) is 0. The Morgan fingerprint density at radius 3 is 1.62 bits per heavy atom. The minimum atomic E-state index is 0. The molecular formula is C4H9N3S. The molecule has 8 heavy (non-hydrogen) atoms. The van der Waals surface area contributed by atoms with Crippen LogP contribution in [0.4, 0.5) is 0 Å². The van der Waals surface area contributed by atoms with Crippen molar-refractivity contribution in [3.63, 3.8) is 0 Å². The van der Waals surface area contributed by atoms with Gasteiger partial charge in [0.25, 0.3) is 0 Å². The molecule has 0 aliphatic carbocycles. The fourth-order valence-corrected chi connectivity index (χ4v) is 0.986. The third kappa shape index (κ3) is 1.55. The van der Waals surface area contributed by atoms with Crippen molar-refractivity contribution in [1.29, 1.82) is 0 Å². The molecule has 3 nitrogen and oxygen atoms in total. The molecule has 0 saturated heterocycles. The largest absolute Gasteiger partial charge is 0.344 e. The number of rotatable bonds is 0. The minimum absolute atomic E-state index is 0. The molecule has 1 aromatic heterocycles. The summed E-state index contributed by atoms with van der Waals surface area (Å²) in [5.41, 5.74) is 0. The van der Waals surface area contributed by atoms with E-state index < -0.39 is 0 Å². The summed E-state index contributed by atoms with van der Waals surface area (Å²) in [4.78, 5) is 0. The normalized spacial score (nSPS) is 8.25. The van der Waals surface area contributed by atoms with E-state index in [4.69, 9.17) is 0 Å². The molecule has 1 rings (SSSR count). The zero-order chi connectivity index (χ0) is 5.28. The molecule has 0 aliphatic heterocycles. The number of nitrogens with zero attached hydrogens (tertiary/aromatic N) is 2. The van der Waals surface area contributed by atoms with E-state index in [1.165, 1.54) is 0 Å². The third-order valence-electron chi connectivity index (χ3n) is 0.627. The number of aryl methyl sites for hydroxylation is 2. The Morgan fingerprint density at radius 2 is 1.50 bits per heavy atom. The molecule has 0 aliphatic rings. The summed E-state index contributed by atoms with van der Waals surface area (Å²) in [5, 5.41) is 9.65. The average Bonchev–Trinajstić information content (AvgIpc) is 1.87. The summed E-state index contributed by atoms with van der Waals surface area (Å²) in [5.74, 6) is 0. The second kappa shape index (κ2) is 2.74. The molecule has 0 radical (unpaired) electrons. The minimum Gasteiger partial charge on any atom is -0.344 e. The first-order valence-electron chi connectivity index (χ1n) is 2.06. The SMILES string of the molecule is Cc1nnc(C)s1.N. The van der Waals surface area contributed by atoms with Crippen molar-refractivity contribution in [2.75, 3.05) is 0 Å². The zero-order valence-electron chi connectivity index (χ0n) is 5.01. The van der Waals surface area contributed by atoms with Gasteiger partial charge in [-0.1, -0.05) is 0 Å². The predicted octanol–water partition coefficient (Wildman–Crippen LogP) is 1.32. The molecule has 3 N–H and O–H groups in total. The Hall–Kier alpha value is -0.480. The molecule has 4 heteroatoms. The average molecular weight is 131 g/mol. The summed E-state index contributed by atoms with van der Waals surface area (Å²) >= 11 is 1.62. The van der Waals surface area contributed by atoms with E-state index in [1.807, 2.05) is 13.8 Å². The fraction of sp³-hybridized carbons (Fsp3) is 0.500. The van der Waals surface area contributed by atoms with Crippen molar-refractivity contribution < 1.29 is 0 Å². The maximum Gasteiger partial charge on any atom is 0.114 e. The Kier molecular flexibility index (Phi) is 2.57. The van der Waals surface area contributed by atoms with Crippen molar-refractivity contribution >= 4 is 11.3 Å². The van der Waals surface area contributed by atoms with E-state index in [0.717, 1.165) is 10.0 Å². The van der Waals surface area contributed by atoms with Gasteiger partial charge >= 0.3 is 0 Å². The molecule has 0 spiro atoms. The first-order chi connectivity index (χ1) is 3.29. The first-order valence-corrected chi connectivity index (χ1v) is 2.87. The lowest BCUT2D eigenvalue weighted by molar-refractivity contribution is 1.02. The van der Waals surface area contributed by atoms with E-state index in [9.17, 15) is 0 Å². The molecule has 1 heterocycles. The molecular weight excluding hydrogens is 122 g/mol. The van der Waals surface area contributed by atoms with E-state index in [1.54, 1.807) is 11.3 Å².